The van der Waals surface area contributed by atoms with E-state index in [9.17, 15) is 17.6 Å². The lowest BCUT2D eigenvalue weighted by Crippen LogP contribution is -2.48. The first kappa shape index (κ1) is 19.5. The monoisotopic (exact) mass is 396 g/mol. The van der Waals surface area contributed by atoms with Crippen LogP contribution in [-0.2, 0) is 0 Å². The summed E-state index contributed by atoms with van der Waals surface area (Å²) in [5.41, 5.74) is 0.228. The third kappa shape index (κ3) is 4.72. The molecule has 2 aromatic rings. The molecule has 0 unspecified atom stereocenters. The Morgan fingerprint density at radius 1 is 1.32 bits per heavy atom. The van der Waals surface area contributed by atoms with Crippen LogP contribution in [-0.4, -0.2) is 47.8 Å². The number of hydrogen-bond acceptors (Lipinski definition) is 7. The Bertz CT molecular complexity index is 868. The predicted octanol–water partition coefficient (Wildman–Crippen LogP) is 2.81. The van der Waals surface area contributed by atoms with Crippen LogP contribution in [0.4, 0.5) is 28.9 Å². The van der Waals surface area contributed by atoms with Crippen molar-refractivity contribution in [2.24, 2.45) is 15.9 Å². The van der Waals surface area contributed by atoms with Gasteiger partial charge in [0.1, 0.15) is 24.3 Å². The number of nitrogens with zero attached hydrogens (tertiary/aromatic N) is 5. The minimum absolute atomic E-state index is 0.0531. The van der Waals surface area contributed by atoms with Crippen LogP contribution >= 0.6 is 0 Å². The Morgan fingerprint density at radius 2 is 2.04 bits per heavy atom. The van der Waals surface area contributed by atoms with E-state index in [-0.39, 0.29) is 24.0 Å². The van der Waals surface area contributed by atoms with Crippen molar-refractivity contribution in [1.29, 1.82) is 0 Å². The van der Waals surface area contributed by atoms with Gasteiger partial charge in [0.05, 0.1) is 48.6 Å². The van der Waals surface area contributed by atoms with Crippen LogP contribution in [0.1, 0.15) is 12.0 Å². The molecule has 3 rings (SSSR count). The number of anilines is 1. The molecule has 2 heterocycles. The average Bonchev–Trinajstić information content (AvgIpc) is 2.67. The molecule has 1 aliphatic rings. The molecule has 0 radical (unpaired) electrons. The van der Waals surface area contributed by atoms with Crippen LogP contribution in [0.2, 0.25) is 0 Å². The molecule has 0 atom stereocenters. The Kier molecular flexibility index (Phi) is 6.02. The first-order chi connectivity index (χ1) is 13.5. The second-order valence-electron chi connectivity index (χ2n) is 5.90. The fourth-order valence-corrected chi connectivity index (χ4v) is 2.36. The fourth-order valence-electron chi connectivity index (χ4n) is 2.36. The molecule has 11 heteroatoms. The molecular formula is C17H16F4N6O. The summed E-state index contributed by atoms with van der Waals surface area (Å²) in [6, 6.07) is 3.14. The first-order valence-electron chi connectivity index (χ1n) is 8.18. The van der Waals surface area contributed by atoms with Crippen molar-refractivity contribution in [2.75, 3.05) is 24.6 Å². The van der Waals surface area contributed by atoms with Crippen molar-refractivity contribution in [3.05, 3.63) is 42.0 Å². The second-order valence-corrected chi connectivity index (χ2v) is 5.90. The summed E-state index contributed by atoms with van der Waals surface area (Å²) in [6.07, 6.45) is 0.431. The summed E-state index contributed by atoms with van der Waals surface area (Å²) < 4.78 is 56.9. The summed E-state index contributed by atoms with van der Waals surface area (Å²) in [7, 11) is 0. The molecule has 0 saturated carbocycles. The van der Waals surface area contributed by atoms with Crippen molar-refractivity contribution < 1.29 is 22.3 Å². The number of halogens is 4. The van der Waals surface area contributed by atoms with Gasteiger partial charge >= 0.3 is 6.01 Å². The predicted molar refractivity (Wildman–Crippen MR) is 95.8 cm³/mol. The standard InChI is InChI=1S/C17H16F4N6O/c18-10-7-27(8-10)13-5-24-17(25-6-13)28-9-12(26-22)4-23-11-1-2-15(19)14(3-11)16(20)21/h1-6,10,16H,7-9,22H2. The van der Waals surface area contributed by atoms with Gasteiger partial charge in [0.2, 0.25) is 0 Å². The highest BCUT2D eigenvalue weighted by molar-refractivity contribution is 6.31. The Balaban J connectivity index is 1.57. The van der Waals surface area contributed by atoms with Crippen LogP contribution in [0.25, 0.3) is 0 Å². The minimum atomic E-state index is -2.95. The van der Waals surface area contributed by atoms with Crippen molar-refractivity contribution in [3.8, 4) is 6.01 Å². The van der Waals surface area contributed by atoms with E-state index in [2.05, 4.69) is 20.1 Å². The lowest BCUT2D eigenvalue weighted by Gasteiger charge is -2.35. The Hall–Kier alpha value is -3.24. The zero-order valence-electron chi connectivity index (χ0n) is 14.5. The number of hydrogen-bond donors (Lipinski definition) is 1. The van der Waals surface area contributed by atoms with Gasteiger partial charge in [-0.1, -0.05) is 0 Å². The third-order valence-electron chi connectivity index (χ3n) is 3.91. The highest BCUT2D eigenvalue weighted by Crippen LogP contribution is 2.26. The number of benzene rings is 1. The van der Waals surface area contributed by atoms with Gasteiger partial charge in [-0.25, -0.2) is 27.5 Å². The van der Waals surface area contributed by atoms with E-state index in [1.165, 1.54) is 24.7 Å². The molecule has 7 nitrogen and oxygen atoms in total. The van der Waals surface area contributed by atoms with Crippen LogP contribution < -0.4 is 15.5 Å². The van der Waals surface area contributed by atoms with E-state index in [0.717, 1.165) is 12.1 Å². The van der Waals surface area contributed by atoms with Gasteiger partial charge in [0.15, 0.2) is 0 Å². The molecule has 1 aromatic carbocycles. The summed E-state index contributed by atoms with van der Waals surface area (Å²) in [5, 5.41) is 3.48. The van der Waals surface area contributed by atoms with Crippen molar-refractivity contribution >= 4 is 23.3 Å². The van der Waals surface area contributed by atoms with Gasteiger partial charge in [-0.15, -0.1) is 0 Å². The molecule has 0 amide bonds. The van der Waals surface area contributed by atoms with Crippen molar-refractivity contribution in [2.45, 2.75) is 12.6 Å². The molecule has 148 valence electrons. The van der Waals surface area contributed by atoms with E-state index in [4.69, 9.17) is 10.6 Å². The van der Waals surface area contributed by atoms with Gasteiger partial charge in [-0.05, 0) is 18.2 Å². The SMILES string of the molecule is NN=C(C=Nc1ccc(F)c(C(F)F)c1)COc1ncc(N2CC(F)C2)cn1. The molecule has 1 fully saturated rings. The van der Waals surface area contributed by atoms with Gasteiger partial charge in [0, 0.05) is 0 Å². The molecule has 1 aliphatic heterocycles. The zero-order valence-corrected chi connectivity index (χ0v) is 14.5. The maximum absolute atomic E-state index is 13.3. The van der Waals surface area contributed by atoms with Crippen LogP contribution in [0.3, 0.4) is 0 Å². The van der Waals surface area contributed by atoms with Crippen LogP contribution in [0.15, 0.2) is 40.7 Å². The fraction of sp³-hybridized carbons (Fsp3) is 0.294. The van der Waals surface area contributed by atoms with Gasteiger partial charge in [-0.2, -0.15) is 5.10 Å². The van der Waals surface area contributed by atoms with E-state index in [1.807, 2.05) is 0 Å². The van der Waals surface area contributed by atoms with E-state index < -0.39 is 24.0 Å². The third-order valence-corrected chi connectivity index (χ3v) is 3.91. The number of nitrogens with two attached hydrogens (primary N) is 1. The summed E-state index contributed by atoms with van der Waals surface area (Å²) >= 11 is 0. The largest absolute Gasteiger partial charge is 0.457 e. The molecule has 2 N–H and O–H groups in total. The van der Waals surface area contributed by atoms with Gasteiger partial charge < -0.3 is 15.5 Å². The molecule has 0 spiro atoms. The van der Waals surface area contributed by atoms with E-state index in [0.29, 0.717) is 18.8 Å². The van der Waals surface area contributed by atoms with Crippen molar-refractivity contribution in [1.82, 2.24) is 9.97 Å². The molecule has 1 saturated heterocycles. The van der Waals surface area contributed by atoms with Gasteiger partial charge in [0.25, 0.3) is 6.43 Å². The second kappa shape index (κ2) is 8.63. The molecule has 1 aromatic heterocycles. The Morgan fingerprint density at radius 3 is 2.64 bits per heavy atom. The van der Waals surface area contributed by atoms with E-state index in [1.54, 1.807) is 4.90 Å². The molecule has 0 aliphatic carbocycles. The summed E-state index contributed by atoms with van der Waals surface area (Å²) in [6.45, 7) is 0.486. The summed E-state index contributed by atoms with van der Waals surface area (Å²) in [5.74, 6) is 4.25. The van der Waals surface area contributed by atoms with Crippen LogP contribution in [0.5, 0.6) is 6.01 Å². The number of aliphatic imine (C=N–C) groups is 1. The number of hydrazone groups is 1. The van der Waals surface area contributed by atoms with Gasteiger partial charge in [-0.3, -0.25) is 4.99 Å². The number of alkyl halides is 3. The van der Waals surface area contributed by atoms with E-state index >= 15 is 0 Å². The normalized spacial score (nSPS) is 15.3. The molecule has 0 bridgehead atoms. The lowest BCUT2D eigenvalue weighted by atomic mass is 10.2. The first-order valence-corrected chi connectivity index (χ1v) is 8.18. The smallest absolute Gasteiger partial charge is 0.316 e. The topological polar surface area (TPSA) is 89.0 Å². The highest BCUT2D eigenvalue weighted by Gasteiger charge is 2.26. The molecular weight excluding hydrogens is 380 g/mol. The zero-order chi connectivity index (χ0) is 20.1. The quantitative estimate of drug-likeness (QED) is 0.337. The minimum Gasteiger partial charge on any atom is -0.457 e. The average molecular weight is 396 g/mol. The van der Waals surface area contributed by atoms with Crippen LogP contribution in [0, 0.1) is 5.82 Å². The number of ether oxygens (including phenoxy) is 1. The maximum Gasteiger partial charge on any atom is 0.316 e. The lowest BCUT2D eigenvalue weighted by molar-refractivity contribution is 0.146. The maximum atomic E-state index is 13.3. The van der Waals surface area contributed by atoms with Crippen molar-refractivity contribution in [3.63, 3.8) is 0 Å². The number of rotatable bonds is 7. The number of aromatic nitrogens is 2. The summed E-state index contributed by atoms with van der Waals surface area (Å²) in [4.78, 5) is 13.7. The molecule has 28 heavy (non-hydrogen) atoms. The Labute approximate surface area is 157 Å². The highest BCUT2D eigenvalue weighted by atomic mass is 19.3.